The zero-order chi connectivity index (χ0) is 13.9. The van der Waals surface area contributed by atoms with Gasteiger partial charge in [-0.3, -0.25) is 4.55 Å². The van der Waals surface area contributed by atoms with Gasteiger partial charge in [0, 0.05) is 18.3 Å². The number of hydrogen-bond donors (Lipinski definition) is 2. The Balaban J connectivity index is 0.00000200. The second-order valence-electron chi connectivity index (χ2n) is 4.18. The SMILES string of the molecule is CNc1ccccc1-c1ccccc1CS(=O)(=O)O.[Pd+2]. The summed E-state index contributed by atoms with van der Waals surface area (Å²) in [5.74, 6) is -0.388. The summed E-state index contributed by atoms with van der Waals surface area (Å²) in [6.45, 7) is 0. The molecule has 6 heteroatoms. The number of hydrogen-bond acceptors (Lipinski definition) is 3. The summed E-state index contributed by atoms with van der Waals surface area (Å²) < 4.78 is 31.2. The van der Waals surface area contributed by atoms with E-state index in [0.717, 1.165) is 16.8 Å². The number of nitrogens with one attached hydrogen (secondary N) is 1. The van der Waals surface area contributed by atoms with Crippen molar-refractivity contribution >= 4 is 15.8 Å². The second-order valence-corrected chi connectivity index (χ2v) is 5.63. The van der Waals surface area contributed by atoms with Crippen LogP contribution in [-0.4, -0.2) is 20.0 Å². The first-order valence-corrected chi connectivity index (χ1v) is 7.42. The van der Waals surface area contributed by atoms with Gasteiger partial charge in [0.15, 0.2) is 0 Å². The first kappa shape index (κ1) is 16.9. The van der Waals surface area contributed by atoms with Crippen LogP contribution in [0, 0.1) is 0 Å². The van der Waals surface area contributed by atoms with Crippen LogP contribution in [0.5, 0.6) is 0 Å². The van der Waals surface area contributed by atoms with Crippen molar-refractivity contribution in [1.29, 1.82) is 0 Å². The molecule has 0 atom stereocenters. The van der Waals surface area contributed by atoms with Crippen LogP contribution in [0.3, 0.4) is 0 Å². The molecular weight excluding hydrogens is 369 g/mol. The molecule has 0 bridgehead atoms. The molecule has 108 valence electrons. The third-order valence-corrected chi connectivity index (χ3v) is 3.52. The molecule has 0 fully saturated rings. The fourth-order valence-electron chi connectivity index (χ4n) is 2.04. The van der Waals surface area contributed by atoms with Crippen molar-refractivity contribution in [1.82, 2.24) is 0 Å². The van der Waals surface area contributed by atoms with Crippen LogP contribution in [0.15, 0.2) is 48.5 Å². The molecule has 2 aromatic rings. The smallest absolute Gasteiger partial charge is 0.388 e. The minimum absolute atomic E-state index is 0. The maximum absolute atomic E-state index is 11.1. The topological polar surface area (TPSA) is 66.4 Å². The molecule has 4 nitrogen and oxygen atoms in total. The Labute approximate surface area is 132 Å². The normalized spacial score (nSPS) is 10.7. The van der Waals surface area contributed by atoms with E-state index in [2.05, 4.69) is 5.32 Å². The van der Waals surface area contributed by atoms with E-state index in [0.29, 0.717) is 5.56 Å². The molecule has 0 aliphatic heterocycles. The number of rotatable bonds is 4. The summed E-state index contributed by atoms with van der Waals surface area (Å²) in [4.78, 5) is 0. The summed E-state index contributed by atoms with van der Waals surface area (Å²) >= 11 is 0. The van der Waals surface area contributed by atoms with E-state index in [1.807, 2.05) is 43.4 Å². The molecule has 0 aliphatic rings. The van der Waals surface area contributed by atoms with Crippen molar-refractivity contribution in [2.75, 3.05) is 12.4 Å². The maximum atomic E-state index is 11.1. The fraction of sp³-hybridized carbons (Fsp3) is 0.143. The van der Waals surface area contributed by atoms with Gasteiger partial charge in [-0.25, -0.2) is 0 Å². The molecule has 2 rings (SSSR count). The van der Waals surface area contributed by atoms with Crippen LogP contribution in [0.1, 0.15) is 5.56 Å². The Hall–Kier alpha value is -1.19. The van der Waals surface area contributed by atoms with E-state index in [-0.39, 0.29) is 26.2 Å². The van der Waals surface area contributed by atoms with Crippen molar-refractivity contribution in [3.8, 4) is 11.1 Å². The van der Waals surface area contributed by atoms with E-state index in [1.54, 1.807) is 12.1 Å². The van der Waals surface area contributed by atoms with Gasteiger partial charge >= 0.3 is 20.4 Å². The van der Waals surface area contributed by atoms with Gasteiger partial charge in [0.25, 0.3) is 10.1 Å². The standard InChI is InChI=1S/C14H15NO3S.Pd/c1-15-14-9-5-4-8-13(14)12-7-3-2-6-11(12)10-19(16,17)18;/h2-9,15H,10H2,1H3,(H,16,17,18);/q;+2. The Morgan fingerprint density at radius 3 is 2.15 bits per heavy atom. The van der Waals surface area contributed by atoms with Gasteiger partial charge in [0.1, 0.15) is 5.75 Å². The Morgan fingerprint density at radius 2 is 1.55 bits per heavy atom. The number of anilines is 1. The van der Waals surface area contributed by atoms with Crippen molar-refractivity contribution < 1.29 is 33.4 Å². The minimum atomic E-state index is -4.05. The van der Waals surface area contributed by atoms with Crippen LogP contribution in [0.4, 0.5) is 5.69 Å². The van der Waals surface area contributed by atoms with E-state index in [1.165, 1.54) is 0 Å². The summed E-state index contributed by atoms with van der Waals surface area (Å²) in [6, 6.07) is 14.8. The Kier molecular flexibility index (Phi) is 5.91. The molecule has 20 heavy (non-hydrogen) atoms. The third-order valence-electron chi connectivity index (χ3n) is 2.84. The molecular formula is C14H15NO3PdS+2. The molecule has 0 saturated carbocycles. The molecule has 0 aromatic heterocycles. The van der Waals surface area contributed by atoms with Gasteiger partial charge < -0.3 is 5.32 Å². The van der Waals surface area contributed by atoms with Gasteiger partial charge in [0.05, 0.1) is 0 Å². The summed E-state index contributed by atoms with van der Waals surface area (Å²) in [5, 5.41) is 3.07. The molecule has 0 amide bonds. The quantitative estimate of drug-likeness (QED) is 0.629. The predicted molar refractivity (Wildman–Crippen MR) is 76.7 cm³/mol. The number of para-hydroxylation sites is 1. The predicted octanol–water partition coefficient (Wildman–Crippen LogP) is 2.78. The van der Waals surface area contributed by atoms with Gasteiger partial charge in [0.2, 0.25) is 0 Å². The van der Waals surface area contributed by atoms with E-state index < -0.39 is 10.1 Å². The number of benzene rings is 2. The molecule has 0 unspecified atom stereocenters. The van der Waals surface area contributed by atoms with Crippen LogP contribution in [0.25, 0.3) is 11.1 Å². The van der Waals surface area contributed by atoms with Gasteiger partial charge in [-0.05, 0) is 17.2 Å². The molecule has 0 radical (unpaired) electrons. The summed E-state index contributed by atoms with van der Waals surface area (Å²) in [6.07, 6.45) is 0. The summed E-state index contributed by atoms with van der Waals surface area (Å²) in [7, 11) is -2.24. The van der Waals surface area contributed by atoms with Crippen molar-refractivity contribution in [2.45, 2.75) is 5.75 Å². The average molecular weight is 384 g/mol. The van der Waals surface area contributed by atoms with Crippen LogP contribution >= 0.6 is 0 Å². The molecule has 0 saturated heterocycles. The van der Waals surface area contributed by atoms with Gasteiger partial charge in [-0.15, -0.1) is 0 Å². The molecule has 2 N–H and O–H groups in total. The van der Waals surface area contributed by atoms with Gasteiger partial charge in [-0.2, -0.15) is 8.42 Å². The maximum Gasteiger partial charge on any atom is 2.00 e. The van der Waals surface area contributed by atoms with Crippen LogP contribution in [-0.2, 0) is 36.3 Å². The van der Waals surface area contributed by atoms with Gasteiger partial charge in [-0.1, -0.05) is 42.5 Å². The van der Waals surface area contributed by atoms with Crippen molar-refractivity contribution in [3.63, 3.8) is 0 Å². The molecule has 0 spiro atoms. The van der Waals surface area contributed by atoms with E-state index in [4.69, 9.17) is 4.55 Å². The largest absolute Gasteiger partial charge is 2.00 e. The third kappa shape index (κ3) is 4.15. The second kappa shape index (κ2) is 7.00. The van der Waals surface area contributed by atoms with Crippen LogP contribution in [0.2, 0.25) is 0 Å². The Bertz CT molecular complexity index is 686. The first-order valence-electron chi connectivity index (χ1n) is 5.81. The Morgan fingerprint density at radius 1 is 1.00 bits per heavy atom. The summed E-state index contributed by atoms with van der Waals surface area (Å²) in [5.41, 5.74) is 3.19. The van der Waals surface area contributed by atoms with Crippen LogP contribution < -0.4 is 5.32 Å². The molecule has 0 heterocycles. The van der Waals surface area contributed by atoms with Crippen molar-refractivity contribution in [3.05, 3.63) is 54.1 Å². The monoisotopic (exact) mass is 383 g/mol. The first-order chi connectivity index (χ1) is 9.01. The average Bonchev–Trinajstić information content (AvgIpc) is 2.37. The molecule has 0 aliphatic carbocycles. The fourth-order valence-corrected chi connectivity index (χ4v) is 2.69. The minimum Gasteiger partial charge on any atom is -0.388 e. The zero-order valence-corrected chi connectivity index (χ0v) is 13.2. The molecule has 2 aromatic carbocycles. The van der Waals surface area contributed by atoms with E-state index >= 15 is 0 Å². The zero-order valence-electron chi connectivity index (χ0n) is 10.8. The van der Waals surface area contributed by atoms with E-state index in [9.17, 15) is 8.42 Å². The van der Waals surface area contributed by atoms with Crippen molar-refractivity contribution in [2.24, 2.45) is 0 Å².